The molecule has 0 radical (unpaired) electrons. The lowest BCUT2D eigenvalue weighted by Crippen LogP contribution is -2.39. The van der Waals surface area contributed by atoms with Gasteiger partial charge < -0.3 is 15.0 Å². The summed E-state index contributed by atoms with van der Waals surface area (Å²) in [5, 5.41) is 11.1. The van der Waals surface area contributed by atoms with Gasteiger partial charge in [-0.15, -0.1) is 10.2 Å². The Labute approximate surface area is 106 Å². The Morgan fingerprint density at radius 3 is 2.94 bits per heavy atom. The second-order valence-electron chi connectivity index (χ2n) is 4.54. The molecule has 1 aromatic heterocycles. The second-order valence-corrected chi connectivity index (χ2v) is 4.54. The quantitative estimate of drug-likeness (QED) is 0.799. The van der Waals surface area contributed by atoms with Crippen LogP contribution in [0.25, 0.3) is 0 Å². The summed E-state index contributed by atoms with van der Waals surface area (Å²) in [4.78, 5) is 13.5. The zero-order valence-electron chi connectivity index (χ0n) is 10.7. The minimum absolute atomic E-state index is 0.226. The van der Waals surface area contributed by atoms with Crippen molar-refractivity contribution in [2.24, 2.45) is 0 Å². The van der Waals surface area contributed by atoms with E-state index >= 15 is 0 Å². The van der Waals surface area contributed by atoms with Gasteiger partial charge in [-0.2, -0.15) is 0 Å². The molecule has 0 aromatic carbocycles. The number of anilines is 1. The van der Waals surface area contributed by atoms with Gasteiger partial charge in [0.2, 0.25) is 0 Å². The molecule has 1 fully saturated rings. The first-order valence-electron chi connectivity index (χ1n) is 6.06. The van der Waals surface area contributed by atoms with E-state index in [-0.39, 0.29) is 5.69 Å². The highest BCUT2D eigenvalue weighted by Crippen LogP contribution is 2.13. The van der Waals surface area contributed by atoms with E-state index < -0.39 is 5.97 Å². The van der Waals surface area contributed by atoms with Crippen LogP contribution in [0, 0.1) is 0 Å². The van der Waals surface area contributed by atoms with E-state index in [2.05, 4.69) is 32.2 Å². The van der Waals surface area contributed by atoms with Gasteiger partial charge in [0.05, 0.1) is 7.11 Å². The van der Waals surface area contributed by atoms with E-state index in [0.717, 1.165) is 19.5 Å². The van der Waals surface area contributed by atoms with Gasteiger partial charge in [0.15, 0.2) is 5.69 Å². The molecule has 1 aliphatic rings. The molecule has 0 saturated carbocycles. The molecule has 0 bridgehead atoms. The van der Waals surface area contributed by atoms with Crippen LogP contribution in [0.15, 0.2) is 12.1 Å². The van der Waals surface area contributed by atoms with Crippen molar-refractivity contribution in [3.8, 4) is 0 Å². The summed E-state index contributed by atoms with van der Waals surface area (Å²) in [6.45, 7) is 2.14. The summed E-state index contributed by atoms with van der Waals surface area (Å²) in [5.74, 6) is 0.231. The van der Waals surface area contributed by atoms with E-state index in [4.69, 9.17) is 0 Å². The number of hydrogen-bond acceptors (Lipinski definition) is 6. The summed E-state index contributed by atoms with van der Waals surface area (Å²) in [5.41, 5.74) is 0.226. The van der Waals surface area contributed by atoms with Crippen molar-refractivity contribution in [3.05, 3.63) is 17.8 Å². The van der Waals surface area contributed by atoms with Crippen LogP contribution in [0.2, 0.25) is 0 Å². The van der Waals surface area contributed by atoms with E-state index in [0.29, 0.717) is 11.9 Å². The average Bonchev–Trinajstić information content (AvgIpc) is 2.39. The first kappa shape index (κ1) is 12.8. The highest BCUT2D eigenvalue weighted by Gasteiger charge is 2.17. The van der Waals surface area contributed by atoms with E-state index in [9.17, 15) is 4.79 Å². The molecule has 1 N–H and O–H groups in total. The molecule has 2 rings (SSSR count). The van der Waals surface area contributed by atoms with Crippen molar-refractivity contribution >= 4 is 11.8 Å². The van der Waals surface area contributed by atoms with Crippen LogP contribution in [0.5, 0.6) is 0 Å². The summed E-state index contributed by atoms with van der Waals surface area (Å²) in [7, 11) is 3.44. The van der Waals surface area contributed by atoms with Crippen molar-refractivity contribution in [3.63, 3.8) is 0 Å². The number of hydrogen-bond donors (Lipinski definition) is 1. The van der Waals surface area contributed by atoms with Crippen molar-refractivity contribution in [2.45, 2.75) is 18.9 Å². The molecule has 6 heteroatoms. The van der Waals surface area contributed by atoms with Crippen molar-refractivity contribution < 1.29 is 9.53 Å². The maximum atomic E-state index is 11.2. The van der Waals surface area contributed by atoms with Crippen molar-refractivity contribution in [2.75, 3.05) is 32.6 Å². The predicted molar refractivity (Wildman–Crippen MR) is 67.5 cm³/mol. The number of esters is 1. The number of rotatable bonds is 3. The molecule has 18 heavy (non-hydrogen) atoms. The van der Waals surface area contributed by atoms with Gasteiger partial charge in [0.1, 0.15) is 5.82 Å². The third-order valence-corrected chi connectivity index (χ3v) is 3.04. The van der Waals surface area contributed by atoms with Crippen LogP contribution >= 0.6 is 0 Å². The number of piperidine rings is 1. The standard InChI is InChI=1S/C12H18N4O2/c1-16-7-3-4-9(8-16)13-11-6-5-10(14-15-11)12(17)18-2/h5-6,9H,3-4,7-8H2,1-2H3,(H,13,15). The molecule has 1 unspecified atom stereocenters. The smallest absolute Gasteiger partial charge is 0.358 e. The maximum Gasteiger partial charge on any atom is 0.358 e. The lowest BCUT2D eigenvalue weighted by molar-refractivity contribution is 0.0593. The van der Waals surface area contributed by atoms with Gasteiger partial charge in [0, 0.05) is 12.6 Å². The zero-order valence-corrected chi connectivity index (χ0v) is 10.7. The third kappa shape index (κ3) is 3.16. The first-order valence-corrected chi connectivity index (χ1v) is 6.06. The van der Waals surface area contributed by atoms with E-state index in [1.807, 2.05) is 0 Å². The van der Waals surface area contributed by atoms with Crippen LogP contribution in [-0.2, 0) is 4.74 Å². The summed E-state index contributed by atoms with van der Waals surface area (Å²) in [6, 6.07) is 3.77. The van der Waals surface area contributed by atoms with Crippen LogP contribution in [0.1, 0.15) is 23.3 Å². The van der Waals surface area contributed by atoms with Gasteiger partial charge in [-0.25, -0.2) is 4.79 Å². The SMILES string of the molecule is COC(=O)c1ccc(NC2CCCN(C)C2)nn1. The molecule has 0 aliphatic carbocycles. The van der Waals surface area contributed by atoms with Gasteiger partial charge in [0.25, 0.3) is 0 Å². The Hall–Kier alpha value is -1.69. The summed E-state index contributed by atoms with van der Waals surface area (Å²) < 4.78 is 4.57. The molecular formula is C12H18N4O2. The number of ether oxygens (including phenoxy) is 1. The molecule has 0 spiro atoms. The Morgan fingerprint density at radius 2 is 2.33 bits per heavy atom. The molecule has 0 amide bonds. The van der Waals surface area contributed by atoms with Crippen molar-refractivity contribution in [1.29, 1.82) is 0 Å². The third-order valence-electron chi connectivity index (χ3n) is 3.04. The molecule has 1 aliphatic heterocycles. The Morgan fingerprint density at radius 1 is 1.50 bits per heavy atom. The molecule has 2 heterocycles. The van der Waals surface area contributed by atoms with Gasteiger partial charge >= 0.3 is 5.97 Å². The number of methoxy groups -OCH3 is 1. The number of carbonyl (C=O) groups is 1. The van der Waals surface area contributed by atoms with Crippen LogP contribution in [-0.4, -0.2) is 54.4 Å². The highest BCUT2D eigenvalue weighted by molar-refractivity contribution is 5.86. The Balaban J connectivity index is 1.95. The number of aromatic nitrogens is 2. The minimum atomic E-state index is -0.466. The highest BCUT2D eigenvalue weighted by atomic mass is 16.5. The number of nitrogens with one attached hydrogen (secondary N) is 1. The van der Waals surface area contributed by atoms with E-state index in [1.54, 1.807) is 12.1 Å². The fourth-order valence-electron chi connectivity index (χ4n) is 2.12. The fraction of sp³-hybridized carbons (Fsp3) is 0.583. The monoisotopic (exact) mass is 250 g/mol. The summed E-state index contributed by atoms with van der Waals surface area (Å²) in [6.07, 6.45) is 2.31. The number of likely N-dealkylation sites (N-methyl/N-ethyl adjacent to an activating group) is 1. The topological polar surface area (TPSA) is 67.3 Å². The lowest BCUT2D eigenvalue weighted by Gasteiger charge is -2.30. The lowest BCUT2D eigenvalue weighted by atomic mass is 10.1. The number of likely N-dealkylation sites (tertiary alicyclic amines) is 1. The van der Waals surface area contributed by atoms with Crippen LogP contribution in [0.3, 0.4) is 0 Å². The molecule has 6 nitrogen and oxygen atoms in total. The van der Waals surface area contributed by atoms with Crippen LogP contribution in [0.4, 0.5) is 5.82 Å². The summed E-state index contributed by atoms with van der Waals surface area (Å²) >= 11 is 0. The Kier molecular flexibility index (Phi) is 4.09. The van der Waals surface area contributed by atoms with Gasteiger partial charge in [-0.1, -0.05) is 0 Å². The molecule has 1 aromatic rings. The minimum Gasteiger partial charge on any atom is -0.464 e. The largest absolute Gasteiger partial charge is 0.464 e. The van der Waals surface area contributed by atoms with E-state index in [1.165, 1.54) is 13.5 Å². The molecular weight excluding hydrogens is 232 g/mol. The maximum absolute atomic E-state index is 11.2. The van der Waals surface area contributed by atoms with Crippen molar-refractivity contribution in [1.82, 2.24) is 15.1 Å². The second kappa shape index (κ2) is 5.77. The predicted octanol–water partition coefficient (Wildman–Crippen LogP) is 0.769. The first-order chi connectivity index (χ1) is 8.69. The zero-order chi connectivity index (χ0) is 13.0. The Bertz CT molecular complexity index is 407. The fourth-order valence-corrected chi connectivity index (χ4v) is 2.12. The molecule has 1 atom stereocenters. The molecule has 98 valence electrons. The normalized spacial score (nSPS) is 20.4. The van der Waals surface area contributed by atoms with Crippen LogP contribution < -0.4 is 5.32 Å². The number of carbonyl (C=O) groups excluding carboxylic acids is 1. The van der Waals surface area contributed by atoms with Gasteiger partial charge in [-0.05, 0) is 38.6 Å². The van der Waals surface area contributed by atoms with Gasteiger partial charge in [-0.3, -0.25) is 0 Å². The number of nitrogens with zero attached hydrogens (tertiary/aromatic N) is 3. The average molecular weight is 250 g/mol. The molecule has 1 saturated heterocycles.